The molecule has 182 valence electrons. The van der Waals surface area contributed by atoms with Gasteiger partial charge in [-0.05, 0) is 30.7 Å². The van der Waals surface area contributed by atoms with Crippen molar-refractivity contribution in [1.82, 2.24) is 24.6 Å². The minimum Gasteiger partial charge on any atom is -0.378 e. The molecule has 35 heavy (non-hydrogen) atoms. The number of nitrogens with zero attached hydrogens (tertiary/aromatic N) is 6. The summed E-state index contributed by atoms with van der Waals surface area (Å²) in [6.07, 6.45) is 2.08. The highest BCUT2D eigenvalue weighted by molar-refractivity contribution is 6.32. The molecule has 0 amide bonds. The van der Waals surface area contributed by atoms with Crippen LogP contribution >= 0.6 is 11.6 Å². The largest absolute Gasteiger partial charge is 0.378 e. The summed E-state index contributed by atoms with van der Waals surface area (Å²) < 4.78 is 48.4. The van der Waals surface area contributed by atoms with Gasteiger partial charge in [-0.15, -0.1) is 0 Å². The van der Waals surface area contributed by atoms with Crippen LogP contribution in [-0.2, 0) is 4.74 Å². The Balaban J connectivity index is 1.26. The first kappa shape index (κ1) is 22.5. The molecule has 1 unspecified atom stereocenters. The van der Waals surface area contributed by atoms with Crippen LogP contribution in [0.5, 0.6) is 0 Å². The highest BCUT2D eigenvalue weighted by Gasteiger charge is 2.59. The van der Waals surface area contributed by atoms with Gasteiger partial charge in [0.1, 0.15) is 12.2 Å². The van der Waals surface area contributed by atoms with Gasteiger partial charge in [-0.2, -0.15) is 10.4 Å². The highest BCUT2D eigenvalue weighted by atomic mass is 35.5. The zero-order valence-electron chi connectivity index (χ0n) is 18.5. The maximum absolute atomic E-state index is 15.2. The van der Waals surface area contributed by atoms with E-state index in [0.29, 0.717) is 53.9 Å². The second kappa shape index (κ2) is 8.33. The molecule has 2 aromatic heterocycles. The Bertz CT molecular complexity index is 1340. The third kappa shape index (κ3) is 3.99. The van der Waals surface area contributed by atoms with Crippen molar-refractivity contribution < 1.29 is 17.9 Å². The minimum absolute atomic E-state index is 0.0419. The summed E-state index contributed by atoms with van der Waals surface area (Å²) in [7, 11) is 0. The lowest BCUT2D eigenvalue weighted by atomic mass is 9.84. The van der Waals surface area contributed by atoms with Gasteiger partial charge in [0.15, 0.2) is 5.15 Å². The molecular formula is C23H21ClF3N7O. The van der Waals surface area contributed by atoms with Crippen molar-refractivity contribution in [3.05, 3.63) is 40.8 Å². The Kier molecular flexibility index (Phi) is 5.36. The summed E-state index contributed by atoms with van der Waals surface area (Å²) in [5, 5.41) is 17.3. The molecule has 3 aromatic rings. The Morgan fingerprint density at radius 1 is 1.26 bits per heavy atom. The standard InChI is InChI=1S/C23H21ClF3N7O/c24-21-19(8-30-34(21)20-5-23(20,26)27)32-22-29-7-13-3-12(6-28)16(4-18(13)31-22)15-1-2-33(9-17(15)25)14-10-35-11-14/h3-4,7-8,14-15,17,20H,1-2,5,9-11H2,(H,29,31,32)/t15-,17+,20?/m0/s1. The van der Waals surface area contributed by atoms with Crippen molar-refractivity contribution in [1.29, 1.82) is 5.26 Å². The maximum atomic E-state index is 15.2. The number of rotatable bonds is 5. The number of benzene rings is 1. The van der Waals surface area contributed by atoms with E-state index in [-0.39, 0.29) is 23.6 Å². The van der Waals surface area contributed by atoms with Crippen LogP contribution in [0.3, 0.4) is 0 Å². The molecule has 8 nitrogen and oxygen atoms in total. The molecule has 1 aliphatic carbocycles. The van der Waals surface area contributed by atoms with Gasteiger partial charge in [0.2, 0.25) is 5.95 Å². The molecule has 2 saturated heterocycles. The molecule has 6 rings (SSSR count). The lowest BCUT2D eigenvalue weighted by molar-refractivity contribution is -0.0807. The van der Waals surface area contributed by atoms with E-state index >= 15 is 4.39 Å². The lowest BCUT2D eigenvalue weighted by Gasteiger charge is -2.43. The van der Waals surface area contributed by atoms with Crippen LogP contribution in [0.1, 0.15) is 35.9 Å². The van der Waals surface area contributed by atoms with E-state index < -0.39 is 24.1 Å². The van der Waals surface area contributed by atoms with Crippen LogP contribution in [0, 0.1) is 11.3 Å². The molecule has 3 aliphatic rings. The van der Waals surface area contributed by atoms with E-state index in [2.05, 4.69) is 31.4 Å². The van der Waals surface area contributed by atoms with E-state index in [0.717, 1.165) is 11.2 Å². The fourth-order valence-corrected chi connectivity index (χ4v) is 5.09. The molecule has 4 heterocycles. The number of aromatic nitrogens is 4. The normalized spacial score (nSPS) is 26.3. The number of nitrogens with one attached hydrogen (secondary N) is 1. The van der Waals surface area contributed by atoms with Crippen molar-refractivity contribution in [3.8, 4) is 6.07 Å². The number of alkyl halides is 3. The van der Waals surface area contributed by atoms with Gasteiger partial charge in [0, 0.05) is 30.5 Å². The van der Waals surface area contributed by atoms with Crippen molar-refractivity contribution in [3.63, 3.8) is 0 Å². The van der Waals surface area contributed by atoms with E-state index in [1.807, 2.05) is 0 Å². The van der Waals surface area contributed by atoms with Crippen LogP contribution in [0.25, 0.3) is 10.9 Å². The Morgan fingerprint density at radius 2 is 2.06 bits per heavy atom. The first-order chi connectivity index (χ1) is 16.8. The number of hydrogen-bond acceptors (Lipinski definition) is 7. The quantitative estimate of drug-likeness (QED) is 0.558. The summed E-state index contributed by atoms with van der Waals surface area (Å²) in [5.74, 6) is -3.03. The van der Waals surface area contributed by atoms with Crippen molar-refractivity contribution >= 4 is 34.1 Å². The van der Waals surface area contributed by atoms with Gasteiger partial charge in [-0.1, -0.05) is 11.6 Å². The number of piperidine rings is 1. The van der Waals surface area contributed by atoms with Gasteiger partial charge in [0.25, 0.3) is 5.92 Å². The van der Waals surface area contributed by atoms with Gasteiger partial charge in [-0.25, -0.2) is 27.8 Å². The summed E-state index contributed by atoms with van der Waals surface area (Å²) in [6, 6.07) is 4.83. The molecule has 1 aromatic carbocycles. The predicted molar refractivity (Wildman–Crippen MR) is 122 cm³/mol. The maximum Gasteiger partial charge on any atom is 0.272 e. The predicted octanol–water partition coefficient (Wildman–Crippen LogP) is 4.20. The van der Waals surface area contributed by atoms with E-state index in [9.17, 15) is 14.0 Å². The third-order valence-electron chi connectivity index (χ3n) is 7.05. The lowest BCUT2D eigenvalue weighted by Crippen LogP contribution is -2.54. The molecule has 1 N–H and O–H groups in total. The van der Waals surface area contributed by atoms with Gasteiger partial charge in [-0.3, -0.25) is 4.90 Å². The fourth-order valence-electron chi connectivity index (χ4n) is 4.84. The van der Waals surface area contributed by atoms with Crippen molar-refractivity contribution in [2.75, 3.05) is 31.6 Å². The molecule has 0 spiro atoms. The number of hydrogen-bond donors (Lipinski definition) is 1. The molecule has 1 saturated carbocycles. The van der Waals surface area contributed by atoms with Crippen LogP contribution in [0.4, 0.5) is 24.8 Å². The van der Waals surface area contributed by atoms with Crippen LogP contribution < -0.4 is 5.32 Å². The zero-order chi connectivity index (χ0) is 24.3. The Morgan fingerprint density at radius 3 is 2.71 bits per heavy atom. The SMILES string of the molecule is N#Cc1cc2cnc(Nc3cnn(C4CC4(F)F)c3Cl)nc2cc1[C@@H]1CCN(C2COC2)C[C@H]1F. The second-order valence-electron chi connectivity index (χ2n) is 9.30. The van der Waals surface area contributed by atoms with Gasteiger partial charge < -0.3 is 10.1 Å². The van der Waals surface area contributed by atoms with Crippen LogP contribution in [-0.4, -0.2) is 69.1 Å². The molecule has 0 bridgehead atoms. The van der Waals surface area contributed by atoms with Gasteiger partial charge >= 0.3 is 0 Å². The summed E-state index contributed by atoms with van der Waals surface area (Å²) in [6.45, 7) is 2.31. The van der Waals surface area contributed by atoms with Crippen molar-refractivity contribution in [2.45, 2.75) is 42.9 Å². The van der Waals surface area contributed by atoms with E-state index in [1.165, 1.54) is 6.20 Å². The summed E-state index contributed by atoms with van der Waals surface area (Å²) >= 11 is 6.25. The molecule has 0 radical (unpaired) electrons. The first-order valence-electron chi connectivity index (χ1n) is 11.4. The Labute approximate surface area is 203 Å². The average Bonchev–Trinajstić information content (AvgIpc) is 3.28. The number of ether oxygens (including phenoxy) is 1. The van der Waals surface area contributed by atoms with Crippen LogP contribution in [0.15, 0.2) is 24.5 Å². The average molecular weight is 504 g/mol. The van der Waals surface area contributed by atoms with E-state index in [4.69, 9.17) is 16.3 Å². The van der Waals surface area contributed by atoms with E-state index in [1.54, 1.807) is 18.3 Å². The number of fused-ring (bicyclic) bond motifs is 1. The highest BCUT2D eigenvalue weighted by Crippen LogP contribution is 2.53. The number of anilines is 2. The smallest absolute Gasteiger partial charge is 0.272 e. The number of likely N-dealkylation sites (tertiary alicyclic amines) is 1. The second-order valence-corrected chi connectivity index (χ2v) is 9.66. The molecule has 3 fully saturated rings. The summed E-state index contributed by atoms with van der Waals surface area (Å²) in [5.41, 5.74) is 1.88. The topological polar surface area (TPSA) is 91.9 Å². The van der Waals surface area contributed by atoms with Gasteiger partial charge in [0.05, 0.1) is 48.3 Å². The zero-order valence-corrected chi connectivity index (χ0v) is 19.2. The van der Waals surface area contributed by atoms with Crippen LogP contribution in [0.2, 0.25) is 5.15 Å². The molecule has 12 heteroatoms. The summed E-state index contributed by atoms with van der Waals surface area (Å²) in [4.78, 5) is 10.9. The first-order valence-corrected chi connectivity index (χ1v) is 11.8. The molecule has 3 atom stereocenters. The minimum atomic E-state index is -2.81. The van der Waals surface area contributed by atoms with Crippen molar-refractivity contribution in [2.24, 2.45) is 0 Å². The Hall–Kier alpha value is -2.94. The molecular weight excluding hydrogens is 483 g/mol. The fraction of sp³-hybridized carbons (Fsp3) is 0.478. The number of nitriles is 1. The number of halogens is 4. The monoisotopic (exact) mass is 503 g/mol. The molecule has 2 aliphatic heterocycles. The third-order valence-corrected chi connectivity index (χ3v) is 7.43.